The summed E-state index contributed by atoms with van der Waals surface area (Å²) < 4.78 is 88.2. The number of sulfonamides is 1. The van der Waals surface area contributed by atoms with Crippen LogP contribution in [0.3, 0.4) is 0 Å². The lowest BCUT2D eigenvalue weighted by Crippen LogP contribution is -2.30. The van der Waals surface area contributed by atoms with Crippen LogP contribution in [-0.2, 0) is 16.4 Å². The fraction of sp³-hybridized carbons (Fsp3) is 0.200. The predicted molar refractivity (Wildman–Crippen MR) is 128 cm³/mol. The summed E-state index contributed by atoms with van der Waals surface area (Å²) in [5, 5.41) is 18.9. The molecule has 4 aromatic rings. The number of hydrogen-bond donors (Lipinski definition) is 2. The van der Waals surface area contributed by atoms with E-state index in [1.165, 1.54) is 48.5 Å². The molecule has 0 saturated carbocycles. The van der Waals surface area contributed by atoms with Crippen LogP contribution in [0.5, 0.6) is 5.75 Å². The van der Waals surface area contributed by atoms with Crippen LogP contribution in [0.25, 0.3) is 22.6 Å². The van der Waals surface area contributed by atoms with Gasteiger partial charge in [0.2, 0.25) is 11.8 Å². The Morgan fingerprint density at radius 3 is 2.45 bits per heavy atom. The summed E-state index contributed by atoms with van der Waals surface area (Å²) in [6.45, 7) is 0.0776. The van der Waals surface area contributed by atoms with Gasteiger partial charge in [-0.2, -0.15) is 21.6 Å². The van der Waals surface area contributed by atoms with Crippen molar-refractivity contribution >= 4 is 15.7 Å². The molecule has 0 aliphatic carbocycles. The minimum absolute atomic E-state index is 0.0776. The number of hydrogen-bond acceptors (Lipinski definition) is 7. The molecule has 0 amide bonds. The number of para-hydroxylation sites is 1. The number of aliphatic hydroxyl groups is 1. The molecule has 0 spiro atoms. The largest absolute Gasteiger partial charge is 0.516 e. The smallest absolute Gasteiger partial charge is 0.493 e. The van der Waals surface area contributed by atoms with Gasteiger partial charge in [0.15, 0.2) is 0 Å². The first-order valence-corrected chi connectivity index (χ1v) is 12.7. The van der Waals surface area contributed by atoms with E-state index in [9.17, 15) is 31.1 Å². The summed E-state index contributed by atoms with van der Waals surface area (Å²) >= 11 is 0. The molecule has 1 aliphatic rings. The van der Waals surface area contributed by atoms with Crippen LogP contribution in [0.15, 0.2) is 71.1 Å². The van der Waals surface area contributed by atoms with Gasteiger partial charge < -0.3 is 14.3 Å². The Kier molecular flexibility index (Phi) is 6.57. The predicted octanol–water partition coefficient (Wildman–Crippen LogP) is 5.09. The van der Waals surface area contributed by atoms with Gasteiger partial charge in [0.25, 0.3) is 0 Å². The molecule has 13 heteroatoms. The monoisotopic (exact) mass is 549 g/mol. The lowest BCUT2D eigenvalue weighted by atomic mass is 9.89. The van der Waals surface area contributed by atoms with Crippen molar-refractivity contribution in [3.8, 4) is 28.3 Å². The van der Waals surface area contributed by atoms with Crippen LogP contribution < -0.4 is 9.46 Å². The summed E-state index contributed by atoms with van der Waals surface area (Å²) in [5.74, 6) is -0.0825. The van der Waals surface area contributed by atoms with Gasteiger partial charge >= 0.3 is 15.5 Å². The lowest BCUT2D eigenvalue weighted by Gasteiger charge is -2.30. The zero-order valence-electron chi connectivity index (χ0n) is 19.3. The molecule has 2 heterocycles. The fourth-order valence-corrected chi connectivity index (χ4v) is 4.66. The maximum absolute atomic E-state index is 13.2. The molecule has 2 N–H and O–H groups in total. The molecular weight excluding hydrogens is 530 g/mol. The van der Waals surface area contributed by atoms with E-state index in [1.807, 2.05) is 0 Å². The third-order valence-electron chi connectivity index (χ3n) is 6.01. The van der Waals surface area contributed by atoms with Gasteiger partial charge in [-0.1, -0.05) is 30.3 Å². The van der Waals surface area contributed by atoms with Crippen LogP contribution in [0.1, 0.15) is 17.6 Å². The second kappa shape index (κ2) is 9.72. The molecule has 0 bridgehead atoms. The zero-order chi connectivity index (χ0) is 27.1. The number of benzene rings is 3. The third kappa shape index (κ3) is 5.07. The van der Waals surface area contributed by atoms with E-state index in [-0.39, 0.29) is 36.1 Å². The molecule has 0 radical (unpaired) electrons. The van der Waals surface area contributed by atoms with Crippen molar-refractivity contribution in [2.24, 2.45) is 5.92 Å². The highest BCUT2D eigenvalue weighted by Crippen LogP contribution is 2.41. The second-order valence-corrected chi connectivity index (χ2v) is 10.3. The van der Waals surface area contributed by atoms with E-state index in [4.69, 9.17) is 9.15 Å². The Hall–Kier alpha value is -3.97. The van der Waals surface area contributed by atoms with Gasteiger partial charge in [-0.05, 0) is 42.0 Å². The normalized spacial score (nSPS) is 17.5. The summed E-state index contributed by atoms with van der Waals surface area (Å²) in [6, 6.07) is 15.8. The first-order chi connectivity index (χ1) is 18.0. The number of anilines is 1. The van der Waals surface area contributed by atoms with Crippen LogP contribution in [0.2, 0.25) is 0 Å². The second-order valence-electron chi connectivity index (χ2n) is 8.58. The van der Waals surface area contributed by atoms with Gasteiger partial charge in [-0.3, -0.25) is 4.72 Å². The van der Waals surface area contributed by atoms with Crippen LogP contribution >= 0.6 is 0 Å². The Morgan fingerprint density at radius 1 is 1.00 bits per heavy atom. The fourth-order valence-electron chi connectivity index (χ4n) is 4.08. The Balaban J connectivity index is 1.35. The molecule has 38 heavy (non-hydrogen) atoms. The number of halogens is 4. The minimum Gasteiger partial charge on any atom is -0.493 e. The van der Waals surface area contributed by atoms with E-state index in [0.717, 1.165) is 0 Å². The molecule has 0 fully saturated rings. The lowest BCUT2D eigenvalue weighted by molar-refractivity contribution is -0.0429. The average Bonchev–Trinajstić information content (AvgIpc) is 3.34. The van der Waals surface area contributed by atoms with Crippen molar-refractivity contribution in [2.45, 2.75) is 18.0 Å². The number of nitrogens with one attached hydrogen (secondary N) is 1. The first-order valence-electron chi connectivity index (χ1n) is 11.2. The van der Waals surface area contributed by atoms with Crippen molar-refractivity contribution in [1.29, 1.82) is 0 Å². The molecular formula is C25H19F4N3O5S. The van der Waals surface area contributed by atoms with E-state index in [0.29, 0.717) is 22.4 Å². The molecule has 198 valence electrons. The summed E-state index contributed by atoms with van der Waals surface area (Å²) in [7, 11) is -5.62. The molecule has 1 aromatic heterocycles. The highest BCUT2D eigenvalue weighted by atomic mass is 32.2. The van der Waals surface area contributed by atoms with Crippen molar-refractivity contribution in [3.63, 3.8) is 0 Å². The molecule has 2 atom stereocenters. The molecule has 2 unspecified atom stereocenters. The number of nitrogens with zero attached hydrogens (tertiary/aromatic N) is 2. The standard InChI is InChI=1S/C25H19F4N3O5S/c26-17-8-5-14(6-9-17)24-31-30-22(37-24)12-16-13-36-21-11-15(7-10-19(21)23(16)33)18-3-1-2-4-20(18)32-38(34,35)25(27,28)29/h1-11,16,23,32-33H,12-13H2. The number of ether oxygens (including phenoxy) is 1. The van der Waals surface area contributed by atoms with Crippen LogP contribution in [0, 0.1) is 11.7 Å². The number of aliphatic hydroxyl groups excluding tert-OH is 1. The number of rotatable bonds is 6. The average molecular weight is 550 g/mol. The molecule has 5 rings (SSSR count). The number of aromatic nitrogens is 2. The maximum Gasteiger partial charge on any atom is 0.516 e. The number of fused-ring (bicyclic) bond motifs is 1. The maximum atomic E-state index is 13.2. The highest BCUT2D eigenvalue weighted by molar-refractivity contribution is 7.93. The first kappa shape index (κ1) is 25.7. The van der Waals surface area contributed by atoms with Gasteiger partial charge in [0.05, 0.1) is 18.4 Å². The quantitative estimate of drug-likeness (QED) is 0.322. The van der Waals surface area contributed by atoms with Gasteiger partial charge in [-0.15, -0.1) is 10.2 Å². The van der Waals surface area contributed by atoms with Crippen molar-refractivity contribution in [3.05, 3.63) is 84.0 Å². The Labute approximate surface area is 214 Å². The van der Waals surface area contributed by atoms with E-state index < -0.39 is 33.4 Å². The number of alkyl halides is 3. The molecule has 3 aromatic carbocycles. The third-order valence-corrected chi connectivity index (χ3v) is 7.11. The van der Waals surface area contributed by atoms with Crippen molar-refractivity contribution in [1.82, 2.24) is 10.2 Å². The van der Waals surface area contributed by atoms with Gasteiger partial charge in [0.1, 0.15) is 11.6 Å². The Bertz CT molecular complexity index is 1570. The topological polar surface area (TPSA) is 115 Å². The van der Waals surface area contributed by atoms with Crippen molar-refractivity contribution in [2.75, 3.05) is 11.3 Å². The highest BCUT2D eigenvalue weighted by Gasteiger charge is 2.46. The van der Waals surface area contributed by atoms with E-state index >= 15 is 0 Å². The Morgan fingerprint density at radius 2 is 1.71 bits per heavy atom. The summed E-state index contributed by atoms with van der Waals surface area (Å²) in [5.41, 5.74) is -4.17. The van der Waals surface area contributed by atoms with E-state index in [2.05, 4.69) is 10.2 Å². The molecule has 1 aliphatic heterocycles. The minimum atomic E-state index is -5.62. The SMILES string of the molecule is O=S(=O)(Nc1ccccc1-c1ccc2c(c1)OCC(Cc1nnc(-c3ccc(F)cc3)o1)C2O)C(F)(F)F. The zero-order valence-corrected chi connectivity index (χ0v) is 20.1. The van der Waals surface area contributed by atoms with Crippen LogP contribution in [-0.4, -0.2) is 35.8 Å². The van der Waals surface area contributed by atoms with Gasteiger partial charge in [0, 0.05) is 29.0 Å². The van der Waals surface area contributed by atoms with Crippen LogP contribution in [0.4, 0.5) is 23.2 Å². The molecule has 8 nitrogen and oxygen atoms in total. The van der Waals surface area contributed by atoms with E-state index in [1.54, 1.807) is 22.9 Å². The molecule has 0 saturated heterocycles. The van der Waals surface area contributed by atoms with Crippen molar-refractivity contribution < 1.29 is 40.2 Å². The summed E-state index contributed by atoms with van der Waals surface area (Å²) in [6.07, 6.45) is -0.786. The van der Waals surface area contributed by atoms with Gasteiger partial charge in [-0.25, -0.2) is 4.39 Å². The summed E-state index contributed by atoms with van der Waals surface area (Å²) in [4.78, 5) is 0.